The largest absolute Gasteiger partial charge is 0.320 e. The number of benzene rings is 3. The van der Waals surface area contributed by atoms with Crippen LogP contribution in [0.5, 0.6) is 0 Å². The van der Waals surface area contributed by atoms with Crippen LogP contribution in [0.25, 0.3) is 27.2 Å². The molecule has 3 aromatic rings. The zero-order chi connectivity index (χ0) is 15.2. The molecule has 2 heteroatoms. The summed E-state index contributed by atoms with van der Waals surface area (Å²) in [4.78, 5) is 0. The summed E-state index contributed by atoms with van der Waals surface area (Å²) < 4.78 is 0. The number of nitrogens with one attached hydrogen (secondary N) is 2. The van der Waals surface area contributed by atoms with Gasteiger partial charge in [-0.2, -0.15) is 0 Å². The lowest BCUT2D eigenvalue weighted by molar-refractivity contribution is 0.656. The number of rotatable bonds is 1. The van der Waals surface area contributed by atoms with Gasteiger partial charge in [0.1, 0.15) is 0 Å². The molecule has 1 heterocycles. The van der Waals surface area contributed by atoms with E-state index in [-0.39, 0.29) is 6.04 Å². The first kappa shape index (κ1) is 12.7. The molecule has 0 spiro atoms. The van der Waals surface area contributed by atoms with E-state index in [2.05, 4.69) is 89.8 Å². The van der Waals surface area contributed by atoms with Crippen molar-refractivity contribution in [3.63, 3.8) is 0 Å². The van der Waals surface area contributed by atoms with Crippen molar-refractivity contribution < 1.29 is 0 Å². The van der Waals surface area contributed by atoms with E-state index in [9.17, 15) is 0 Å². The molecule has 0 bridgehead atoms. The number of hydrogen-bond donors (Lipinski definition) is 2. The Morgan fingerprint density at radius 2 is 1.57 bits per heavy atom. The minimum atomic E-state index is 0.250. The van der Waals surface area contributed by atoms with Gasteiger partial charge in [-0.3, -0.25) is 0 Å². The van der Waals surface area contributed by atoms with Crippen molar-refractivity contribution in [3.05, 3.63) is 90.0 Å². The number of hydrogen-bond acceptors (Lipinski definition) is 2. The van der Waals surface area contributed by atoms with Crippen LogP contribution in [-0.4, -0.2) is 6.04 Å². The predicted molar refractivity (Wildman–Crippen MR) is 96.7 cm³/mol. The van der Waals surface area contributed by atoms with Crippen molar-refractivity contribution >= 4 is 27.2 Å². The smallest absolute Gasteiger partial charge is 0.0714 e. The molecule has 0 saturated heterocycles. The molecule has 1 aliphatic carbocycles. The summed E-state index contributed by atoms with van der Waals surface area (Å²) in [5.74, 6) is 0. The third kappa shape index (κ3) is 1.85. The van der Waals surface area contributed by atoms with Crippen LogP contribution in [-0.2, 0) is 0 Å². The van der Waals surface area contributed by atoms with Gasteiger partial charge in [0, 0.05) is 5.56 Å². The Hall–Kier alpha value is -2.84. The highest BCUT2D eigenvalue weighted by Crippen LogP contribution is 2.35. The van der Waals surface area contributed by atoms with Crippen molar-refractivity contribution in [3.8, 4) is 0 Å². The van der Waals surface area contributed by atoms with Crippen LogP contribution in [0.2, 0.25) is 0 Å². The molecule has 3 aromatic carbocycles. The standard InChI is InChI=1S/C21H16N2/c1-2-8-15-14(7-1)13-19(17-10-4-3-9-16(15)17)21-18-11-5-6-12-20(18)22-23-21/h1-13,20,22-23H. The fraction of sp³-hybridized carbons (Fsp3) is 0.0476. The molecule has 2 nitrogen and oxygen atoms in total. The van der Waals surface area contributed by atoms with Gasteiger partial charge in [0.05, 0.1) is 11.7 Å². The molecule has 1 aliphatic heterocycles. The Bertz CT molecular complexity index is 1020. The quantitative estimate of drug-likeness (QED) is 0.654. The molecule has 2 aliphatic rings. The van der Waals surface area contributed by atoms with Gasteiger partial charge in [-0.1, -0.05) is 72.8 Å². The summed E-state index contributed by atoms with van der Waals surface area (Å²) >= 11 is 0. The van der Waals surface area contributed by atoms with Crippen molar-refractivity contribution in [2.24, 2.45) is 0 Å². The van der Waals surface area contributed by atoms with E-state index in [4.69, 9.17) is 0 Å². The van der Waals surface area contributed by atoms with Gasteiger partial charge in [0.2, 0.25) is 0 Å². The van der Waals surface area contributed by atoms with Crippen LogP contribution in [0.3, 0.4) is 0 Å². The second-order valence-electron chi connectivity index (χ2n) is 6.01. The van der Waals surface area contributed by atoms with Gasteiger partial charge in [0.15, 0.2) is 0 Å². The molecule has 0 fully saturated rings. The van der Waals surface area contributed by atoms with Crippen LogP contribution in [0, 0.1) is 0 Å². The monoisotopic (exact) mass is 296 g/mol. The van der Waals surface area contributed by atoms with Crippen LogP contribution in [0.1, 0.15) is 5.56 Å². The van der Waals surface area contributed by atoms with Crippen LogP contribution in [0.4, 0.5) is 0 Å². The Labute approximate surface area is 134 Å². The Morgan fingerprint density at radius 3 is 2.48 bits per heavy atom. The molecule has 0 radical (unpaired) electrons. The first-order valence-corrected chi connectivity index (χ1v) is 7.93. The molecular weight excluding hydrogens is 280 g/mol. The van der Waals surface area contributed by atoms with Crippen molar-refractivity contribution in [1.29, 1.82) is 0 Å². The minimum Gasteiger partial charge on any atom is -0.320 e. The van der Waals surface area contributed by atoms with Crippen molar-refractivity contribution in [1.82, 2.24) is 10.9 Å². The lowest BCUT2D eigenvalue weighted by Crippen LogP contribution is -2.31. The molecule has 0 aromatic heterocycles. The zero-order valence-electron chi connectivity index (χ0n) is 12.6. The Kier molecular flexibility index (Phi) is 2.66. The SMILES string of the molecule is C1=CC2=C(c3cc4ccccc4c4ccccc34)NNC2C=C1. The Morgan fingerprint density at radius 1 is 0.783 bits per heavy atom. The van der Waals surface area contributed by atoms with Crippen molar-refractivity contribution in [2.75, 3.05) is 0 Å². The maximum Gasteiger partial charge on any atom is 0.0714 e. The second kappa shape index (κ2) is 4.83. The third-order valence-electron chi connectivity index (χ3n) is 4.70. The molecule has 23 heavy (non-hydrogen) atoms. The summed E-state index contributed by atoms with van der Waals surface area (Å²) in [5.41, 5.74) is 10.5. The summed E-state index contributed by atoms with van der Waals surface area (Å²) in [6.45, 7) is 0. The molecule has 1 unspecified atom stereocenters. The first-order chi connectivity index (χ1) is 11.4. The fourth-order valence-corrected chi connectivity index (χ4v) is 3.61. The highest BCUT2D eigenvalue weighted by atomic mass is 15.4. The lowest BCUT2D eigenvalue weighted by Gasteiger charge is -2.13. The number of hydrazine groups is 1. The average molecular weight is 296 g/mol. The van der Waals surface area contributed by atoms with Gasteiger partial charge in [-0.15, -0.1) is 0 Å². The van der Waals surface area contributed by atoms with Gasteiger partial charge >= 0.3 is 0 Å². The third-order valence-corrected chi connectivity index (χ3v) is 4.70. The maximum atomic E-state index is 3.40. The van der Waals surface area contributed by atoms with E-state index in [0.29, 0.717) is 0 Å². The van der Waals surface area contributed by atoms with Gasteiger partial charge in [-0.05, 0) is 33.2 Å². The molecule has 110 valence electrons. The molecular formula is C21H16N2. The van der Waals surface area contributed by atoms with E-state index >= 15 is 0 Å². The first-order valence-electron chi connectivity index (χ1n) is 7.93. The van der Waals surface area contributed by atoms with E-state index in [1.165, 1.54) is 38.4 Å². The van der Waals surface area contributed by atoms with Gasteiger partial charge in [-0.25, -0.2) is 5.43 Å². The van der Waals surface area contributed by atoms with Gasteiger partial charge in [0.25, 0.3) is 0 Å². The van der Waals surface area contributed by atoms with Gasteiger partial charge < -0.3 is 5.43 Å². The highest BCUT2D eigenvalue weighted by molar-refractivity contribution is 6.12. The van der Waals surface area contributed by atoms with Crippen LogP contribution in [0.15, 0.2) is 84.5 Å². The number of fused-ring (bicyclic) bond motifs is 4. The van der Waals surface area contributed by atoms with E-state index in [0.717, 1.165) is 0 Å². The van der Waals surface area contributed by atoms with Crippen molar-refractivity contribution in [2.45, 2.75) is 6.04 Å². The number of allylic oxidation sites excluding steroid dienone is 2. The van der Waals surface area contributed by atoms with E-state index < -0.39 is 0 Å². The summed E-state index contributed by atoms with van der Waals surface area (Å²) in [7, 11) is 0. The normalized spacial score (nSPS) is 19.4. The summed E-state index contributed by atoms with van der Waals surface area (Å²) in [6.07, 6.45) is 8.56. The lowest BCUT2D eigenvalue weighted by atomic mass is 9.92. The topological polar surface area (TPSA) is 24.1 Å². The van der Waals surface area contributed by atoms with E-state index in [1.807, 2.05) is 0 Å². The minimum absolute atomic E-state index is 0.250. The fourth-order valence-electron chi connectivity index (χ4n) is 3.61. The zero-order valence-corrected chi connectivity index (χ0v) is 12.6. The van der Waals surface area contributed by atoms with Crippen LogP contribution >= 0.6 is 0 Å². The molecule has 1 atom stereocenters. The maximum absolute atomic E-state index is 3.40. The second-order valence-corrected chi connectivity index (χ2v) is 6.01. The van der Waals surface area contributed by atoms with Crippen LogP contribution < -0.4 is 10.9 Å². The highest BCUT2D eigenvalue weighted by Gasteiger charge is 2.24. The average Bonchev–Trinajstić information content (AvgIpc) is 3.05. The summed E-state index contributed by atoms with van der Waals surface area (Å²) in [5, 5.41) is 5.16. The molecule has 2 N–H and O–H groups in total. The Balaban J connectivity index is 1.88. The molecule has 0 amide bonds. The molecule has 5 rings (SSSR count). The van der Waals surface area contributed by atoms with E-state index in [1.54, 1.807) is 0 Å². The predicted octanol–water partition coefficient (Wildman–Crippen LogP) is 4.31. The molecule has 0 saturated carbocycles. The summed E-state index contributed by atoms with van der Waals surface area (Å²) in [6, 6.07) is 19.8.